The average Bonchev–Trinajstić information content (AvgIpc) is 3.32. The molecule has 0 saturated heterocycles. The number of aromatic nitrogens is 2. The Kier molecular flexibility index (Phi) is 5.75. The number of hydrogen-bond acceptors (Lipinski definition) is 4. The Morgan fingerprint density at radius 2 is 2.17 bits per heavy atom. The lowest BCUT2D eigenvalue weighted by Crippen LogP contribution is -2.38. The number of halogens is 2. The van der Waals surface area contributed by atoms with Gasteiger partial charge in [0.2, 0.25) is 0 Å². The molecule has 0 unspecified atom stereocenters. The number of nitrogens with two attached hydrogens (primary N) is 1. The Morgan fingerprint density at radius 1 is 1.31 bits per heavy atom. The van der Waals surface area contributed by atoms with Gasteiger partial charge in [0.15, 0.2) is 0 Å². The van der Waals surface area contributed by atoms with E-state index in [1.165, 1.54) is 23.5 Å². The van der Waals surface area contributed by atoms with Crippen LogP contribution >= 0.6 is 27.3 Å². The summed E-state index contributed by atoms with van der Waals surface area (Å²) in [6.45, 7) is 0.303. The third-order valence-electron chi connectivity index (χ3n) is 4.53. The van der Waals surface area contributed by atoms with Crippen molar-refractivity contribution in [3.63, 3.8) is 0 Å². The molecule has 1 amide bonds. The Hall–Kier alpha value is -2.55. The van der Waals surface area contributed by atoms with Gasteiger partial charge in [-0.1, -0.05) is 12.1 Å². The van der Waals surface area contributed by atoms with E-state index < -0.39 is 0 Å². The summed E-state index contributed by atoms with van der Waals surface area (Å²) < 4.78 is 14.1. The fourth-order valence-electron chi connectivity index (χ4n) is 3.17. The van der Waals surface area contributed by atoms with E-state index in [-0.39, 0.29) is 17.8 Å². The summed E-state index contributed by atoms with van der Waals surface area (Å²) in [7, 11) is 0. The van der Waals surface area contributed by atoms with E-state index in [1.807, 2.05) is 30.5 Å². The van der Waals surface area contributed by atoms with Gasteiger partial charge in [-0.15, -0.1) is 11.3 Å². The molecule has 0 spiro atoms. The van der Waals surface area contributed by atoms with E-state index in [0.717, 1.165) is 31.5 Å². The molecule has 0 aliphatic rings. The minimum Gasteiger partial charge on any atom is -0.350 e. The fourth-order valence-corrected chi connectivity index (χ4v) is 5.02. The molecule has 0 aliphatic carbocycles. The molecule has 8 heteroatoms. The number of benzene rings is 1. The molecule has 148 valence electrons. The molecule has 3 heterocycles. The maximum atomic E-state index is 13.3. The van der Waals surface area contributed by atoms with Crippen LogP contribution in [0, 0.1) is 5.82 Å². The van der Waals surface area contributed by atoms with Crippen molar-refractivity contribution in [2.75, 3.05) is 6.54 Å². The zero-order valence-corrected chi connectivity index (χ0v) is 17.7. The van der Waals surface area contributed by atoms with Gasteiger partial charge in [0, 0.05) is 40.4 Å². The van der Waals surface area contributed by atoms with Gasteiger partial charge in [0.05, 0.1) is 9.75 Å². The van der Waals surface area contributed by atoms with Crippen molar-refractivity contribution in [3.05, 3.63) is 75.6 Å². The van der Waals surface area contributed by atoms with Crippen LogP contribution in [0.3, 0.4) is 0 Å². The number of nitrogens with zero attached hydrogens (tertiary/aromatic N) is 1. The topological polar surface area (TPSA) is 83.8 Å². The first-order valence-electron chi connectivity index (χ1n) is 9.01. The molecule has 0 bridgehead atoms. The maximum Gasteiger partial charge on any atom is 0.261 e. The third-order valence-corrected chi connectivity index (χ3v) is 6.58. The summed E-state index contributed by atoms with van der Waals surface area (Å²) in [6.07, 6.45) is 4.07. The number of fused-ring (bicyclic) bond motifs is 1. The molecular formula is C21H18BrFN4OS. The Bertz CT molecular complexity index is 1170. The van der Waals surface area contributed by atoms with Gasteiger partial charge < -0.3 is 16.0 Å². The lowest BCUT2D eigenvalue weighted by molar-refractivity contribution is 0.0955. The Balaban J connectivity index is 1.45. The molecular weight excluding hydrogens is 455 g/mol. The predicted octanol–water partition coefficient (Wildman–Crippen LogP) is 4.49. The SMILES string of the molecule is N[C@@H](CNC(=O)c1cc(Br)c(-c2ccnc3[nH]ccc23)s1)Cc1cccc(F)c1. The van der Waals surface area contributed by atoms with Crippen LogP contribution in [0.2, 0.25) is 0 Å². The van der Waals surface area contributed by atoms with Gasteiger partial charge >= 0.3 is 0 Å². The number of H-pyrrole nitrogens is 1. The van der Waals surface area contributed by atoms with Crippen LogP contribution in [0.15, 0.2) is 59.3 Å². The van der Waals surface area contributed by atoms with E-state index in [1.54, 1.807) is 12.3 Å². The van der Waals surface area contributed by atoms with Gasteiger partial charge in [-0.2, -0.15) is 0 Å². The molecule has 4 rings (SSSR count). The highest BCUT2D eigenvalue weighted by atomic mass is 79.9. The van der Waals surface area contributed by atoms with E-state index in [9.17, 15) is 9.18 Å². The lowest BCUT2D eigenvalue weighted by atomic mass is 10.1. The Morgan fingerprint density at radius 3 is 3.00 bits per heavy atom. The monoisotopic (exact) mass is 472 g/mol. The predicted molar refractivity (Wildman–Crippen MR) is 118 cm³/mol. The van der Waals surface area contributed by atoms with Crippen LogP contribution in [-0.4, -0.2) is 28.5 Å². The van der Waals surface area contributed by atoms with E-state index in [4.69, 9.17) is 5.73 Å². The van der Waals surface area contributed by atoms with E-state index in [2.05, 4.69) is 31.2 Å². The average molecular weight is 473 g/mol. The van der Waals surface area contributed by atoms with Crippen molar-refractivity contribution in [1.29, 1.82) is 0 Å². The molecule has 0 radical (unpaired) electrons. The second-order valence-corrected chi connectivity index (χ2v) is 8.60. The van der Waals surface area contributed by atoms with Crippen LogP contribution in [0.25, 0.3) is 21.5 Å². The first-order chi connectivity index (χ1) is 14.0. The summed E-state index contributed by atoms with van der Waals surface area (Å²) in [5.41, 5.74) is 8.72. The molecule has 0 saturated carbocycles. The molecule has 5 nitrogen and oxygen atoms in total. The standard InChI is InChI=1S/C21H18BrFN4OS/c22-17-10-18(29-19(17)15-4-6-25-20-16(15)5-7-26-20)21(28)27-11-14(24)9-12-2-1-3-13(23)8-12/h1-8,10,14H,9,11,24H2,(H,25,26)(H,27,28)/t14-/m1/s1. The largest absolute Gasteiger partial charge is 0.350 e. The fraction of sp³-hybridized carbons (Fsp3) is 0.143. The van der Waals surface area contributed by atoms with Crippen molar-refractivity contribution in [3.8, 4) is 10.4 Å². The number of nitrogens with one attached hydrogen (secondary N) is 2. The van der Waals surface area contributed by atoms with Crippen molar-refractivity contribution in [1.82, 2.24) is 15.3 Å². The smallest absolute Gasteiger partial charge is 0.261 e. The quantitative estimate of drug-likeness (QED) is 0.386. The molecule has 0 fully saturated rings. The third kappa shape index (κ3) is 4.39. The van der Waals surface area contributed by atoms with Crippen molar-refractivity contribution in [2.24, 2.45) is 5.73 Å². The van der Waals surface area contributed by atoms with E-state index >= 15 is 0 Å². The van der Waals surface area contributed by atoms with Crippen molar-refractivity contribution >= 4 is 44.2 Å². The highest BCUT2D eigenvalue weighted by Crippen LogP contribution is 2.39. The molecule has 4 N–H and O–H groups in total. The summed E-state index contributed by atoms with van der Waals surface area (Å²) in [6, 6.07) is 11.7. The summed E-state index contributed by atoms with van der Waals surface area (Å²) in [5, 5.41) is 3.87. The second kappa shape index (κ2) is 8.44. The number of carbonyl (C=O) groups excluding carboxylic acids is 1. The number of pyridine rings is 1. The van der Waals surface area contributed by atoms with Crippen molar-refractivity contribution < 1.29 is 9.18 Å². The summed E-state index contributed by atoms with van der Waals surface area (Å²) >= 11 is 4.97. The molecule has 3 aromatic heterocycles. The van der Waals surface area contributed by atoms with Crippen LogP contribution in [0.1, 0.15) is 15.2 Å². The number of hydrogen-bond donors (Lipinski definition) is 3. The molecule has 1 atom stereocenters. The molecule has 29 heavy (non-hydrogen) atoms. The number of amides is 1. The van der Waals surface area contributed by atoms with Gasteiger partial charge in [-0.05, 0) is 58.2 Å². The number of rotatable bonds is 6. The van der Waals surface area contributed by atoms with Gasteiger partial charge in [0.1, 0.15) is 11.5 Å². The molecule has 0 aliphatic heterocycles. The zero-order valence-electron chi connectivity index (χ0n) is 15.3. The maximum absolute atomic E-state index is 13.3. The number of carbonyl (C=O) groups is 1. The van der Waals surface area contributed by atoms with Crippen LogP contribution < -0.4 is 11.1 Å². The van der Waals surface area contributed by atoms with E-state index in [0.29, 0.717) is 17.8 Å². The van der Waals surface area contributed by atoms with Gasteiger partial charge in [0.25, 0.3) is 5.91 Å². The zero-order chi connectivity index (χ0) is 20.4. The number of aromatic amines is 1. The first kappa shape index (κ1) is 19.8. The number of thiophene rings is 1. The first-order valence-corrected chi connectivity index (χ1v) is 10.6. The lowest BCUT2D eigenvalue weighted by Gasteiger charge is -2.12. The molecule has 4 aromatic rings. The van der Waals surface area contributed by atoms with Crippen LogP contribution in [-0.2, 0) is 6.42 Å². The minimum absolute atomic E-state index is 0.184. The highest BCUT2D eigenvalue weighted by Gasteiger charge is 2.17. The second-order valence-electron chi connectivity index (χ2n) is 6.69. The normalized spacial score (nSPS) is 12.2. The van der Waals surface area contributed by atoms with Gasteiger partial charge in [-0.3, -0.25) is 4.79 Å². The summed E-state index contributed by atoms with van der Waals surface area (Å²) in [5.74, 6) is -0.474. The van der Waals surface area contributed by atoms with Gasteiger partial charge in [-0.25, -0.2) is 9.37 Å². The highest BCUT2D eigenvalue weighted by molar-refractivity contribution is 9.10. The van der Waals surface area contributed by atoms with Crippen LogP contribution in [0.4, 0.5) is 4.39 Å². The summed E-state index contributed by atoms with van der Waals surface area (Å²) in [4.78, 5) is 21.6. The van der Waals surface area contributed by atoms with Crippen LogP contribution in [0.5, 0.6) is 0 Å². The molecule has 1 aromatic carbocycles. The van der Waals surface area contributed by atoms with Crippen molar-refractivity contribution in [2.45, 2.75) is 12.5 Å². The Labute approximate surface area is 179 Å². The minimum atomic E-state index is -0.302.